The summed E-state index contributed by atoms with van der Waals surface area (Å²) in [5, 5.41) is 9.32. The molecule has 1 saturated carbocycles. The molecular weight excluding hydrogens is 278 g/mol. The number of carbonyl (C=O) groups is 2. The van der Waals surface area contributed by atoms with Crippen LogP contribution in [0.25, 0.3) is 0 Å². The maximum atomic E-state index is 12.2. The van der Waals surface area contributed by atoms with Gasteiger partial charge in [-0.3, -0.25) is 9.59 Å². The predicted octanol–water partition coefficient (Wildman–Crippen LogP) is 1.72. The molecule has 0 unspecified atom stereocenters. The average molecular weight is 301 g/mol. The molecule has 3 N–H and O–H groups in total. The molecule has 3 atom stereocenters. The van der Waals surface area contributed by atoms with Gasteiger partial charge in [-0.2, -0.15) is 0 Å². The molecule has 118 valence electrons. The lowest BCUT2D eigenvalue weighted by atomic mass is 9.87. The highest BCUT2D eigenvalue weighted by Gasteiger charge is 2.36. The molecule has 0 bridgehead atoms. The third-order valence-electron chi connectivity index (χ3n) is 4.63. The topological polar surface area (TPSA) is 70.2 Å². The van der Waals surface area contributed by atoms with Gasteiger partial charge in [0, 0.05) is 17.8 Å². The number of hydrogen-bond donors (Lipinski definition) is 3. The van der Waals surface area contributed by atoms with E-state index in [0.29, 0.717) is 6.04 Å². The Kier molecular flexibility index (Phi) is 4.43. The summed E-state index contributed by atoms with van der Waals surface area (Å²) in [5.74, 6) is -0.181. The lowest BCUT2D eigenvalue weighted by Crippen LogP contribution is -2.65. The summed E-state index contributed by atoms with van der Waals surface area (Å²) >= 11 is 0. The lowest BCUT2D eigenvalue weighted by molar-refractivity contribution is -0.129. The summed E-state index contributed by atoms with van der Waals surface area (Å²) in [6.45, 7) is 1.95. The first-order valence-corrected chi connectivity index (χ1v) is 8.05. The van der Waals surface area contributed by atoms with Crippen molar-refractivity contribution in [1.82, 2.24) is 10.6 Å². The zero-order valence-corrected chi connectivity index (χ0v) is 12.9. The highest BCUT2D eigenvalue weighted by Crippen LogP contribution is 2.22. The number of aryl methyl sites for hydroxylation is 1. The number of para-hydroxylation sites is 1. The Labute approximate surface area is 130 Å². The van der Waals surface area contributed by atoms with E-state index in [2.05, 4.69) is 16.0 Å². The molecule has 2 fully saturated rings. The Hall–Kier alpha value is -1.88. The van der Waals surface area contributed by atoms with Gasteiger partial charge in [0.1, 0.15) is 0 Å². The first-order valence-electron chi connectivity index (χ1n) is 8.05. The van der Waals surface area contributed by atoms with E-state index in [1.807, 2.05) is 31.2 Å². The molecule has 1 heterocycles. The molecule has 1 aromatic carbocycles. The minimum absolute atomic E-state index is 0.0527. The fraction of sp³-hybridized carbons (Fsp3) is 0.529. The van der Waals surface area contributed by atoms with Gasteiger partial charge in [-0.25, -0.2) is 0 Å². The highest BCUT2D eigenvalue weighted by atomic mass is 16.2. The van der Waals surface area contributed by atoms with Crippen molar-refractivity contribution in [3.63, 3.8) is 0 Å². The number of benzene rings is 1. The zero-order chi connectivity index (χ0) is 15.5. The van der Waals surface area contributed by atoms with Crippen LogP contribution in [0, 0.1) is 6.92 Å². The number of hydrogen-bond acceptors (Lipinski definition) is 3. The van der Waals surface area contributed by atoms with Crippen molar-refractivity contribution < 1.29 is 9.59 Å². The van der Waals surface area contributed by atoms with Crippen molar-refractivity contribution in [2.75, 3.05) is 5.32 Å². The molecule has 2 aliphatic rings. The van der Waals surface area contributed by atoms with Crippen LogP contribution in [0.3, 0.4) is 0 Å². The molecule has 0 radical (unpaired) electrons. The van der Waals surface area contributed by atoms with E-state index in [1.165, 1.54) is 12.8 Å². The van der Waals surface area contributed by atoms with E-state index in [4.69, 9.17) is 0 Å². The third-order valence-corrected chi connectivity index (χ3v) is 4.63. The van der Waals surface area contributed by atoms with Gasteiger partial charge < -0.3 is 16.0 Å². The van der Waals surface area contributed by atoms with E-state index in [9.17, 15) is 9.59 Å². The van der Waals surface area contributed by atoms with E-state index in [1.54, 1.807) is 0 Å². The summed E-state index contributed by atoms with van der Waals surface area (Å²) in [6, 6.07) is 7.76. The van der Waals surface area contributed by atoms with Crippen molar-refractivity contribution in [3.05, 3.63) is 29.8 Å². The summed E-state index contributed by atoms with van der Waals surface area (Å²) < 4.78 is 0. The fourth-order valence-electron chi connectivity index (χ4n) is 3.37. The molecular formula is C17H23N3O2. The smallest absolute Gasteiger partial charge is 0.237 e. The van der Waals surface area contributed by atoms with Crippen molar-refractivity contribution in [3.8, 4) is 0 Å². The molecule has 0 aromatic heterocycles. The molecule has 1 aromatic rings. The number of rotatable bonds is 3. The summed E-state index contributed by atoms with van der Waals surface area (Å²) in [4.78, 5) is 24.4. The first kappa shape index (κ1) is 15.0. The van der Waals surface area contributed by atoms with E-state index in [0.717, 1.165) is 24.1 Å². The second-order valence-electron chi connectivity index (χ2n) is 6.29. The third kappa shape index (κ3) is 3.30. The van der Waals surface area contributed by atoms with Crippen LogP contribution < -0.4 is 16.0 Å². The van der Waals surface area contributed by atoms with Crippen LogP contribution in [0.5, 0.6) is 0 Å². The van der Waals surface area contributed by atoms with Gasteiger partial charge in [-0.05, 0) is 31.4 Å². The van der Waals surface area contributed by atoms with Crippen LogP contribution in [0.15, 0.2) is 24.3 Å². The van der Waals surface area contributed by atoms with Crippen LogP contribution in [0.4, 0.5) is 5.69 Å². The maximum Gasteiger partial charge on any atom is 0.237 e. The molecule has 5 heteroatoms. The van der Waals surface area contributed by atoms with Crippen molar-refractivity contribution in [2.45, 2.75) is 57.2 Å². The molecule has 3 rings (SSSR count). The minimum atomic E-state index is -0.427. The van der Waals surface area contributed by atoms with E-state index in [-0.39, 0.29) is 24.3 Å². The van der Waals surface area contributed by atoms with E-state index >= 15 is 0 Å². The minimum Gasteiger partial charge on any atom is -0.350 e. The summed E-state index contributed by atoms with van der Waals surface area (Å²) in [5.41, 5.74) is 1.82. The van der Waals surface area contributed by atoms with Gasteiger partial charge in [0.25, 0.3) is 0 Å². The van der Waals surface area contributed by atoms with Gasteiger partial charge in [0.15, 0.2) is 0 Å². The van der Waals surface area contributed by atoms with Gasteiger partial charge in [0.2, 0.25) is 11.8 Å². The van der Waals surface area contributed by atoms with Crippen LogP contribution >= 0.6 is 0 Å². The van der Waals surface area contributed by atoms with Crippen molar-refractivity contribution in [2.24, 2.45) is 0 Å². The van der Waals surface area contributed by atoms with Gasteiger partial charge in [0.05, 0.1) is 12.5 Å². The Bertz CT molecular complexity index is 573. The van der Waals surface area contributed by atoms with Crippen LogP contribution in [-0.4, -0.2) is 29.9 Å². The lowest BCUT2D eigenvalue weighted by Gasteiger charge is -2.40. The summed E-state index contributed by atoms with van der Waals surface area (Å²) in [7, 11) is 0. The van der Waals surface area contributed by atoms with Crippen molar-refractivity contribution in [1.29, 1.82) is 0 Å². The van der Waals surface area contributed by atoms with Crippen LogP contribution in [0.2, 0.25) is 0 Å². The van der Waals surface area contributed by atoms with Crippen molar-refractivity contribution >= 4 is 17.5 Å². The number of anilines is 1. The number of fused-ring (bicyclic) bond motifs is 1. The molecule has 5 nitrogen and oxygen atoms in total. The second-order valence-corrected chi connectivity index (χ2v) is 6.29. The second kappa shape index (κ2) is 6.48. The molecule has 1 aliphatic heterocycles. The monoisotopic (exact) mass is 301 g/mol. The molecule has 1 saturated heterocycles. The predicted molar refractivity (Wildman–Crippen MR) is 85.5 cm³/mol. The number of piperazine rings is 1. The van der Waals surface area contributed by atoms with Gasteiger partial charge in [-0.15, -0.1) is 0 Å². The maximum absolute atomic E-state index is 12.2. The molecule has 1 aliphatic carbocycles. The molecule has 22 heavy (non-hydrogen) atoms. The van der Waals surface area contributed by atoms with Crippen LogP contribution in [-0.2, 0) is 9.59 Å². The van der Waals surface area contributed by atoms with Gasteiger partial charge >= 0.3 is 0 Å². The van der Waals surface area contributed by atoms with Crippen LogP contribution in [0.1, 0.15) is 37.7 Å². The normalized spacial score (nSPS) is 27.7. The Morgan fingerprint density at radius 1 is 1.23 bits per heavy atom. The largest absolute Gasteiger partial charge is 0.350 e. The first-order chi connectivity index (χ1) is 10.6. The Morgan fingerprint density at radius 3 is 2.73 bits per heavy atom. The summed E-state index contributed by atoms with van der Waals surface area (Å²) in [6.07, 6.45) is 4.63. The van der Waals surface area contributed by atoms with E-state index < -0.39 is 6.04 Å². The number of carbonyl (C=O) groups excluding carboxylic acids is 2. The Balaban J connectivity index is 1.59. The molecule has 0 spiro atoms. The van der Waals surface area contributed by atoms with Gasteiger partial charge in [-0.1, -0.05) is 31.0 Å². The quantitative estimate of drug-likeness (QED) is 0.796. The molecule has 2 amide bonds. The SMILES string of the molecule is Cc1ccccc1NC(=O)C[C@H]1N[C@@H]2CCCC[C@@H]2NC1=O. The average Bonchev–Trinajstić information content (AvgIpc) is 2.50. The Morgan fingerprint density at radius 2 is 1.95 bits per heavy atom. The highest BCUT2D eigenvalue weighted by molar-refractivity contribution is 5.96. The number of nitrogens with one attached hydrogen (secondary N) is 3. The fourth-order valence-corrected chi connectivity index (χ4v) is 3.37. The zero-order valence-electron chi connectivity index (χ0n) is 12.9. The number of amides is 2. The standard InChI is InChI=1S/C17H23N3O2/c1-11-6-2-3-7-12(11)19-16(21)10-15-17(22)20-14-9-5-4-8-13(14)18-15/h2-3,6-7,13-15,18H,4-5,8-10H2,1H3,(H,19,21)(H,20,22)/t13-,14+,15-/m1/s1.